The zero-order valence-corrected chi connectivity index (χ0v) is 21.9. The van der Waals surface area contributed by atoms with Gasteiger partial charge in [-0.3, -0.25) is 9.36 Å². The number of thiazole rings is 1. The molecule has 3 heterocycles. The number of halogens is 1. The van der Waals surface area contributed by atoms with Gasteiger partial charge in [-0.2, -0.15) is 0 Å². The first-order chi connectivity index (χ1) is 17.3. The predicted molar refractivity (Wildman–Crippen MR) is 135 cm³/mol. The number of fused-ring (bicyclic) bond motifs is 2. The Kier molecular flexibility index (Phi) is 6.35. The average Bonchev–Trinajstić information content (AvgIpc) is 3.44. The highest BCUT2D eigenvalue weighted by atomic mass is 79.9. The Labute approximate surface area is 217 Å². The summed E-state index contributed by atoms with van der Waals surface area (Å²) in [6, 6.07) is 7.87. The maximum absolute atomic E-state index is 13.7. The number of phenols is 1. The molecule has 2 aliphatic heterocycles. The number of methoxy groups -OCH3 is 1. The molecule has 1 aromatic heterocycles. The van der Waals surface area contributed by atoms with Crippen LogP contribution in [0.25, 0.3) is 6.08 Å². The number of aromatic hydroxyl groups is 1. The highest BCUT2D eigenvalue weighted by molar-refractivity contribution is 9.10. The number of ether oxygens (including phenoxy) is 4. The Balaban J connectivity index is 1.72. The maximum Gasteiger partial charge on any atom is 0.338 e. The summed E-state index contributed by atoms with van der Waals surface area (Å²) in [5.41, 5.74) is 1.74. The molecule has 0 radical (unpaired) electrons. The fourth-order valence-corrected chi connectivity index (χ4v) is 5.68. The normalized spacial score (nSPS) is 16.6. The zero-order chi connectivity index (χ0) is 25.6. The van der Waals surface area contributed by atoms with Crippen LogP contribution in [0.1, 0.15) is 31.0 Å². The summed E-state index contributed by atoms with van der Waals surface area (Å²) in [7, 11) is 1.45. The standard InChI is InChI=1S/C25H21BrN2O7S/c1-4-33-24(31)20-12(2)27-25-28(21(20)14-5-6-16-17(10-14)35-11-34-16)23(30)19(36-25)9-13-7-15(26)22(29)18(8-13)32-3/h5-10,21,29H,4,11H2,1-3H3/t21-/m1/s1. The van der Waals surface area contributed by atoms with Crippen molar-refractivity contribution in [1.82, 2.24) is 4.57 Å². The molecule has 0 aliphatic carbocycles. The van der Waals surface area contributed by atoms with Gasteiger partial charge in [0.25, 0.3) is 5.56 Å². The number of hydrogen-bond acceptors (Lipinski definition) is 9. The van der Waals surface area contributed by atoms with E-state index in [4.69, 9.17) is 18.9 Å². The van der Waals surface area contributed by atoms with Crippen LogP contribution in [-0.4, -0.2) is 36.2 Å². The molecule has 1 N–H and O–H groups in total. The Bertz CT molecular complexity index is 1610. The fourth-order valence-electron chi connectivity index (χ4n) is 4.17. The number of hydrogen-bond donors (Lipinski definition) is 1. The molecule has 9 nitrogen and oxygen atoms in total. The number of benzene rings is 2. The Hall–Kier alpha value is -3.57. The third kappa shape index (κ3) is 4.07. The summed E-state index contributed by atoms with van der Waals surface area (Å²) in [5.74, 6) is 0.823. The summed E-state index contributed by atoms with van der Waals surface area (Å²) < 4.78 is 23.9. The number of carbonyl (C=O) groups is 1. The molecule has 3 aromatic rings. The molecule has 2 aromatic carbocycles. The molecule has 0 fully saturated rings. The number of carbonyl (C=O) groups excluding carboxylic acids is 1. The van der Waals surface area contributed by atoms with Crippen molar-refractivity contribution in [3.8, 4) is 23.0 Å². The van der Waals surface area contributed by atoms with E-state index in [9.17, 15) is 14.7 Å². The van der Waals surface area contributed by atoms with Crippen LogP contribution in [0, 0.1) is 0 Å². The molecule has 0 saturated carbocycles. The Morgan fingerprint density at radius 3 is 2.83 bits per heavy atom. The van der Waals surface area contributed by atoms with E-state index in [1.165, 1.54) is 23.0 Å². The van der Waals surface area contributed by atoms with Gasteiger partial charge in [-0.1, -0.05) is 17.4 Å². The van der Waals surface area contributed by atoms with E-state index in [0.717, 1.165) is 0 Å². The van der Waals surface area contributed by atoms with Gasteiger partial charge in [0.15, 0.2) is 27.8 Å². The molecule has 36 heavy (non-hydrogen) atoms. The second kappa shape index (κ2) is 9.47. The predicted octanol–water partition coefficient (Wildman–Crippen LogP) is 3.00. The molecule has 0 saturated heterocycles. The van der Waals surface area contributed by atoms with Gasteiger partial charge >= 0.3 is 5.97 Å². The molecule has 11 heteroatoms. The van der Waals surface area contributed by atoms with Crippen molar-refractivity contribution in [2.75, 3.05) is 20.5 Å². The van der Waals surface area contributed by atoms with Gasteiger partial charge in [-0.05, 0) is 71.2 Å². The smallest absolute Gasteiger partial charge is 0.338 e. The minimum absolute atomic E-state index is 0.0337. The van der Waals surface area contributed by atoms with E-state index in [0.29, 0.717) is 42.1 Å². The van der Waals surface area contributed by atoms with Crippen LogP contribution in [0.2, 0.25) is 0 Å². The number of esters is 1. The second-order valence-corrected chi connectivity index (χ2v) is 9.83. The first-order valence-electron chi connectivity index (χ1n) is 11.0. The van der Waals surface area contributed by atoms with Gasteiger partial charge < -0.3 is 24.1 Å². The Morgan fingerprint density at radius 2 is 2.08 bits per heavy atom. The molecular weight excluding hydrogens is 552 g/mol. The second-order valence-electron chi connectivity index (χ2n) is 7.97. The lowest BCUT2D eigenvalue weighted by molar-refractivity contribution is -0.139. The van der Waals surface area contributed by atoms with Crippen molar-refractivity contribution >= 4 is 39.3 Å². The minimum Gasteiger partial charge on any atom is -0.503 e. The van der Waals surface area contributed by atoms with Crippen LogP contribution in [0.3, 0.4) is 0 Å². The SMILES string of the molecule is CCOC(=O)C1=C(C)N=c2sc(=Cc3cc(Br)c(O)c(OC)c3)c(=O)n2[C@@H]1c1ccc2c(c1)OCO2. The summed E-state index contributed by atoms with van der Waals surface area (Å²) in [6.45, 7) is 3.74. The van der Waals surface area contributed by atoms with Crippen molar-refractivity contribution < 1.29 is 28.8 Å². The van der Waals surface area contributed by atoms with E-state index in [1.54, 1.807) is 50.3 Å². The van der Waals surface area contributed by atoms with Crippen LogP contribution < -0.4 is 29.1 Å². The molecule has 0 amide bonds. The number of rotatable bonds is 5. The lowest BCUT2D eigenvalue weighted by Gasteiger charge is -2.24. The van der Waals surface area contributed by atoms with Gasteiger partial charge in [-0.25, -0.2) is 9.79 Å². The summed E-state index contributed by atoms with van der Waals surface area (Å²) in [6.07, 6.45) is 1.69. The highest BCUT2D eigenvalue weighted by Crippen LogP contribution is 2.38. The van der Waals surface area contributed by atoms with Crippen LogP contribution in [0.15, 0.2) is 55.9 Å². The van der Waals surface area contributed by atoms with Crippen molar-refractivity contribution in [3.05, 3.63) is 76.9 Å². The van der Waals surface area contributed by atoms with Crippen LogP contribution in [-0.2, 0) is 9.53 Å². The van der Waals surface area contributed by atoms with Crippen molar-refractivity contribution in [1.29, 1.82) is 0 Å². The van der Waals surface area contributed by atoms with Crippen molar-refractivity contribution in [2.45, 2.75) is 19.9 Å². The molecule has 5 rings (SSSR count). The highest BCUT2D eigenvalue weighted by Gasteiger charge is 2.34. The largest absolute Gasteiger partial charge is 0.503 e. The summed E-state index contributed by atoms with van der Waals surface area (Å²) in [4.78, 5) is 31.8. The minimum atomic E-state index is -0.766. The van der Waals surface area contributed by atoms with Crippen molar-refractivity contribution in [2.24, 2.45) is 4.99 Å². The molecular formula is C25H21BrN2O7S. The first-order valence-corrected chi connectivity index (χ1v) is 12.6. The number of allylic oxidation sites excluding steroid dienone is 1. The lowest BCUT2D eigenvalue weighted by Crippen LogP contribution is -2.39. The molecule has 0 unspecified atom stereocenters. The number of nitrogens with zero attached hydrogens (tertiary/aromatic N) is 2. The maximum atomic E-state index is 13.7. The molecule has 0 spiro atoms. The van der Waals surface area contributed by atoms with E-state index >= 15 is 0 Å². The first kappa shape index (κ1) is 24.1. The van der Waals surface area contributed by atoms with E-state index in [2.05, 4.69) is 20.9 Å². The van der Waals surface area contributed by atoms with E-state index < -0.39 is 12.0 Å². The lowest BCUT2D eigenvalue weighted by atomic mass is 9.95. The van der Waals surface area contributed by atoms with Gasteiger partial charge in [0.05, 0.1) is 40.0 Å². The van der Waals surface area contributed by atoms with Gasteiger partial charge in [0.2, 0.25) is 6.79 Å². The van der Waals surface area contributed by atoms with Crippen LogP contribution in [0.5, 0.6) is 23.0 Å². The molecule has 186 valence electrons. The summed E-state index contributed by atoms with van der Waals surface area (Å²) >= 11 is 4.51. The van der Waals surface area contributed by atoms with Gasteiger partial charge in [0.1, 0.15) is 0 Å². The fraction of sp³-hybridized carbons (Fsp3) is 0.240. The average molecular weight is 573 g/mol. The van der Waals surface area contributed by atoms with E-state index in [-0.39, 0.29) is 36.0 Å². The van der Waals surface area contributed by atoms with Gasteiger partial charge in [0, 0.05) is 0 Å². The van der Waals surface area contributed by atoms with Crippen molar-refractivity contribution in [3.63, 3.8) is 0 Å². The zero-order valence-electron chi connectivity index (χ0n) is 19.5. The monoisotopic (exact) mass is 572 g/mol. The number of phenolic OH excluding ortho intramolecular Hbond substituents is 1. The molecule has 0 bridgehead atoms. The van der Waals surface area contributed by atoms with Crippen LogP contribution in [0.4, 0.5) is 0 Å². The third-order valence-electron chi connectivity index (χ3n) is 5.80. The summed E-state index contributed by atoms with van der Waals surface area (Å²) in [5, 5.41) is 10.1. The third-order valence-corrected chi connectivity index (χ3v) is 7.39. The Morgan fingerprint density at radius 1 is 1.31 bits per heavy atom. The quantitative estimate of drug-likeness (QED) is 0.468. The van der Waals surface area contributed by atoms with E-state index in [1.807, 2.05) is 0 Å². The molecule has 2 aliphatic rings. The molecule has 1 atom stereocenters. The number of aromatic nitrogens is 1. The topological polar surface area (TPSA) is 109 Å². The van der Waals surface area contributed by atoms with Crippen LogP contribution >= 0.6 is 27.3 Å². The van der Waals surface area contributed by atoms with Gasteiger partial charge in [-0.15, -0.1) is 0 Å².